The summed E-state index contributed by atoms with van der Waals surface area (Å²) < 4.78 is 0. The summed E-state index contributed by atoms with van der Waals surface area (Å²) in [5.74, 6) is 0.142. The molecule has 0 spiro atoms. The SMILES string of the molecule is Cc1ccc2ccc(C(Nc3cc(Cl)c(Cl)cc3Cl)c3cccs3)c(O)c2n1. The van der Waals surface area contributed by atoms with Crippen LogP contribution >= 0.6 is 46.1 Å². The number of aromatic nitrogens is 1. The van der Waals surface area contributed by atoms with Crippen molar-refractivity contribution in [1.82, 2.24) is 4.98 Å². The third-order valence-electron chi connectivity index (χ3n) is 4.45. The van der Waals surface area contributed by atoms with Gasteiger partial charge in [-0.2, -0.15) is 0 Å². The maximum atomic E-state index is 11.0. The van der Waals surface area contributed by atoms with Crippen LogP contribution in [0.4, 0.5) is 5.69 Å². The second-order valence-corrected chi connectivity index (χ2v) is 8.57. The van der Waals surface area contributed by atoms with Gasteiger partial charge < -0.3 is 10.4 Å². The van der Waals surface area contributed by atoms with Crippen LogP contribution < -0.4 is 5.32 Å². The lowest BCUT2D eigenvalue weighted by molar-refractivity contribution is 0.472. The van der Waals surface area contributed by atoms with Gasteiger partial charge in [0.1, 0.15) is 11.3 Å². The van der Waals surface area contributed by atoms with Crippen molar-refractivity contribution in [3.05, 3.63) is 85.1 Å². The van der Waals surface area contributed by atoms with Crippen molar-refractivity contribution < 1.29 is 5.11 Å². The van der Waals surface area contributed by atoms with Crippen molar-refractivity contribution in [1.29, 1.82) is 0 Å². The molecule has 0 amide bonds. The second-order valence-electron chi connectivity index (χ2n) is 6.37. The van der Waals surface area contributed by atoms with E-state index in [4.69, 9.17) is 34.8 Å². The molecule has 0 saturated heterocycles. The van der Waals surface area contributed by atoms with Crippen LogP contribution in [0.1, 0.15) is 22.2 Å². The van der Waals surface area contributed by atoms with Crippen molar-refractivity contribution >= 4 is 62.7 Å². The Balaban J connectivity index is 1.85. The highest BCUT2D eigenvalue weighted by molar-refractivity contribution is 7.10. The summed E-state index contributed by atoms with van der Waals surface area (Å²) in [6, 6.07) is 14.6. The van der Waals surface area contributed by atoms with E-state index < -0.39 is 0 Å². The molecule has 0 aliphatic carbocycles. The van der Waals surface area contributed by atoms with E-state index in [9.17, 15) is 5.11 Å². The molecule has 3 nitrogen and oxygen atoms in total. The molecule has 7 heteroatoms. The fraction of sp³-hybridized carbons (Fsp3) is 0.0952. The number of benzene rings is 2. The van der Waals surface area contributed by atoms with Crippen molar-refractivity contribution in [2.75, 3.05) is 5.32 Å². The monoisotopic (exact) mass is 448 g/mol. The number of phenolic OH excluding ortho intramolecular Hbond substituents is 1. The van der Waals surface area contributed by atoms with Gasteiger partial charge in [-0.25, -0.2) is 4.98 Å². The number of nitrogens with one attached hydrogen (secondary N) is 1. The van der Waals surface area contributed by atoms with Gasteiger partial charge >= 0.3 is 0 Å². The zero-order chi connectivity index (χ0) is 19.8. The molecule has 142 valence electrons. The number of aryl methyl sites for hydroxylation is 1. The topological polar surface area (TPSA) is 45.1 Å². The number of hydrogen-bond acceptors (Lipinski definition) is 4. The number of nitrogens with zero attached hydrogens (tertiary/aromatic N) is 1. The fourth-order valence-corrected chi connectivity index (χ4v) is 4.46. The van der Waals surface area contributed by atoms with E-state index in [1.165, 1.54) is 0 Å². The van der Waals surface area contributed by atoms with E-state index in [-0.39, 0.29) is 11.8 Å². The molecular formula is C21H15Cl3N2OS. The summed E-state index contributed by atoms with van der Waals surface area (Å²) in [6.45, 7) is 1.90. The molecule has 1 atom stereocenters. The molecule has 0 saturated carbocycles. The zero-order valence-corrected chi connectivity index (χ0v) is 17.8. The predicted octanol–water partition coefficient (Wildman–Crippen LogP) is 7.47. The van der Waals surface area contributed by atoms with E-state index in [0.29, 0.717) is 31.8 Å². The van der Waals surface area contributed by atoms with Gasteiger partial charge in [-0.3, -0.25) is 0 Å². The van der Waals surface area contributed by atoms with Crippen molar-refractivity contribution in [2.24, 2.45) is 0 Å². The number of fused-ring (bicyclic) bond motifs is 1. The molecule has 2 aromatic heterocycles. The zero-order valence-electron chi connectivity index (χ0n) is 14.7. The summed E-state index contributed by atoms with van der Waals surface area (Å²) >= 11 is 20.2. The first-order valence-corrected chi connectivity index (χ1v) is 10.5. The van der Waals surface area contributed by atoms with Crippen LogP contribution in [0.2, 0.25) is 15.1 Å². The molecule has 0 fully saturated rings. The second kappa shape index (κ2) is 7.80. The quantitative estimate of drug-likeness (QED) is 0.318. The van der Waals surface area contributed by atoms with Gasteiger partial charge in [-0.05, 0) is 36.6 Å². The molecule has 1 unspecified atom stereocenters. The molecule has 2 aromatic carbocycles. The van der Waals surface area contributed by atoms with E-state index >= 15 is 0 Å². The Morgan fingerprint density at radius 1 is 1.00 bits per heavy atom. The third-order valence-corrected chi connectivity index (χ3v) is 6.43. The van der Waals surface area contributed by atoms with E-state index in [1.54, 1.807) is 23.5 Å². The molecule has 4 rings (SSSR count). The molecule has 4 aromatic rings. The highest BCUT2D eigenvalue weighted by Gasteiger charge is 2.22. The van der Waals surface area contributed by atoms with Gasteiger partial charge in [0.15, 0.2) is 0 Å². The maximum Gasteiger partial charge on any atom is 0.147 e. The fourth-order valence-electron chi connectivity index (χ4n) is 3.07. The van der Waals surface area contributed by atoms with Gasteiger partial charge in [0.05, 0.1) is 26.8 Å². The summed E-state index contributed by atoms with van der Waals surface area (Å²) in [7, 11) is 0. The van der Waals surface area contributed by atoms with Gasteiger partial charge in [-0.15, -0.1) is 11.3 Å². The average molecular weight is 450 g/mol. The predicted molar refractivity (Wildman–Crippen MR) is 119 cm³/mol. The number of pyridine rings is 1. The van der Waals surface area contributed by atoms with Crippen LogP contribution in [0.5, 0.6) is 5.75 Å². The van der Waals surface area contributed by atoms with Crippen LogP contribution in [0, 0.1) is 6.92 Å². The van der Waals surface area contributed by atoms with Gasteiger partial charge in [0.2, 0.25) is 0 Å². The summed E-state index contributed by atoms with van der Waals surface area (Å²) in [4.78, 5) is 5.53. The van der Waals surface area contributed by atoms with Crippen molar-refractivity contribution in [3.8, 4) is 5.75 Å². The van der Waals surface area contributed by atoms with Crippen LogP contribution in [0.3, 0.4) is 0 Å². The van der Waals surface area contributed by atoms with E-state index in [2.05, 4.69) is 10.3 Å². The molecule has 0 aliphatic rings. The number of aromatic hydroxyl groups is 1. The molecule has 28 heavy (non-hydrogen) atoms. The first-order chi connectivity index (χ1) is 13.4. The molecule has 2 N–H and O–H groups in total. The van der Waals surface area contributed by atoms with E-state index in [1.807, 2.05) is 48.7 Å². The smallest absolute Gasteiger partial charge is 0.147 e. The standard InChI is InChI=1S/C21H15Cl3N2OS/c1-11-4-5-12-6-7-13(21(27)19(12)25-11)20(18-3-2-8-28-18)26-17-10-15(23)14(22)9-16(17)24/h2-10,20,26-27H,1H3. The van der Waals surface area contributed by atoms with Crippen LogP contribution in [0.15, 0.2) is 53.9 Å². The summed E-state index contributed by atoms with van der Waals surface area (Å²) in [6.07, 6.45) is 0. The summed E-state index contributed by atoms with van der Waals surface area (Å²) in [5.41, 5.74) is 2.75. The average Bonchev–Trinajstić information content (AvgIpc) is 3.19. The number of thiophene rings is 1. The number of hydrogen-bond donors (Lipinski definition) is 2. The number of anilines is 1. The van der Waals surface area contributed by atoms with Crippen molar-refractivity contribution in [3.63, 3.8) is 0 Å². The largest absolute Gasteiger partial charge is 0.505 e. The normalized spacial score (nSPS) is 12.3. The van der Waals surface area contributed by atoms with Crippen LogP contribution in [-0.2, 0) is 0 Å². The Morgan fingerprint density at radius 3 is 2.50 bits per heavy atom. The van der Waals surface area contributed by atoms with Gasteiger partial charge in [-0.1, -0.05) is 59.1 Å². The number of halogens is 3. The summed E-state index contributed by atoms with van der Waals surface area (Å²) in [5, 5.41) is 18.5. The molecule has 0 aliphatic heterocycles. The van der Waals surface area contributed by atoms with Crippen molar-refractivity contribution in [2.45, 2.75) is 13.0 Å². The Labute approximate surface area is 181 Å². The maximum absolute atomic E-state index is 11.0. The Morgan fingerprint density at radius 2 is 1.75 bits per heavy atom. The molecule has 2 heterocycles. The number of rotatable bonds is 4. The highest BCUT2D eigenvalue weighted by atomic mass is 35.5. The van der Waals surface area contributed by atoms with Crippen LogP contribution in [0.25, 0.3) is 10.9 Å². The number of phenols is 1. The first kappa shape index (κ1) is 19.3. The minimum absolute atomic E-state index is 0.142. The third kappa shape index (κ3) is 3.65. The Kier molecular flexibility index (Phi) is 5.39. The minimum atomic E-state index is -0.332. The Hall–Kier alpha value is -1.98. The lowest BCUT2D eigenvalue weighted by Crippen LogP contribution is -2.12. The molecular weight excluding hydrogens is 435 g/mol. The minimum Gasteiger partial charge on any atom is -0.505 e. The van der Waals surface area contributed by atoms with Crippen LogP contribution in [-0.4, -0.2) is 10.1 Å². The van der Waals surface area contributed by atoms with Gasteiger partial charge in [0, 0.05) is 21.5 Å². The van der Waals surface area contributed by atoms with E-state index in [0.717, 1.165) is 16.0 Å². The lowest BCUT2D eigenvalue weighted by atomic mass is 10.0. The Bertz CT molecular complexity index is 1160. The first-order valence-electron chi connectivity index (χ1n) is 8.48. The molecule has 0 bridgehead atoms. The molecule has 0 radical (unpaired) electrons. The van der Waals surface area contributed by atoms with Gasteiger partial charge in [0.25, 0.3) is 0 Å². The lowest BCUT2D eigenvalue weighted by Gasteiger charge is -2.22. The highest BCUT2D eigenvalue weighted by Crippen LogP contribution is 2.40.